The molecule has 2 aromatic rings. The van der Waals surface area contributed by atoms with Crippen molar-refractivity contribution in [1.29, 1.82) is 0 Å². The maximum atomic E-state index is 4.77. The average Bonchev–Trinajstić information content (AvgIpc) is 2.48. The number of fused-ring (bicyclic) bond motifs is 4. The molecule has 0 amide bonds. The molecule has 0 saturated carbocycles. The molecule has 2 unspecified atom stereocenters. The van der Waals surface area contributed by atoms with Crippen molar-refractivity contribution >= 4 is 0 Å². The van der Waals surface area contributed by atoms with Crippen LogP contribution in [0.2, 0.25) is 0 Å². The maximum absolute atomic E-state index is 4.77. The summed E-state index contributed by atoms with van der Waals surface area (Å²) in [6.07, 6.45) is 8.60. The first-order valence-corrected chi connectivity index (χ1v) is 6.93. The number of hydrogen-bond acceptors (Lipinski definition) is 4. The lowest BCUT2D eigenvalue weighted by atomic mass is 9.85. The predicted octanol–water partition coefficient (Wildman–Crippen LogP) is 2.28. The number of nitrogens with one attached hydrogen (secondary N) is 1. The van der Waals surface area contributed by atoms with E-state index in [2.05, 4.69) is 15.3 Å². The minimum atomic E-state index is 0.410. The van der Waals surface area contributed by atoms with Gasteiger partial charge in [0.1, 0.15) is 5.69 Å². The van der Waals surface area contributed by atoms with Gasteiger partial charge in [-0.1, -0.05) is 6.07 Å². The largest absolute Gasteiger partial charge is 0.305 e. The van der Waals surface area contributed by atoms with E-state index >= 15 is 0 Å². The Morgan fingerprint density at radius 1 is 1.16 bits per heavy atom. The van der Waals surface area contributed by atoms with E-state index in [1.54, 1.807) is 6.20 Å². The summed E-state index contributed by atoms with van der Waals surface area (Å²) in [5.41, 5.74) is 3.35. The zero-order valence-corrected chi connectivity index (χ0v) is 10.7. The molecular formula is C15H16N4. The van der Waals surface area contributed by atoms with Gasteiger partial charge in [0.15, 0.2) is 5.82 Å². The van der Waals surface area contributed by atoms with E-state index in [1.807, 2.05) is 24.4 Å². The van der Waals surface area contributed by atoms with Crippen LogP contribution in [0.3, 0.4) is 0 Å². The maximum Gasteiger partial charge on any atom is 0.178 e. The van der Waals surface area contributed by atoms with E-state index in [9.17, 15) is 0 Å². The van der Waals surface area contributed by atoms with Crippen molar-refractivity contribution < 1.29 is 0 Å². The van der Waals surface area contributed by atoms with Gasteiger partial charge < -0.3 is 5.32 Å². The number of pyridine rings is 1. The van der Waals surface area contributed by atoms with Gasteiger partial charge in [-0.15, -0.1) is 0 Å². The monoisotopic (exact) mass is 252 g/mol. The number of aromatic nitrogens is 3. The van der Waals surface area contributed by atoms with Gasteiger partial charge in [0.05, 0.1) is 11.7 Å². The van der Waals surface area contributed by atoms with Gasteiger partial charge in [-0.3, -0.25) is 4.98 Å². The Bertz CT molecular complexity index is 596. The molecule has 2 bridgehead atoms. The minimum absolute atomic E-state index is 0.410. The molecule has 2 aliphatic rings. The molecule has 2 aromatic heterocycles. The lowest BCUT2D eigenvalue weighted by Gasteiger charge is -2.36. The Morgan fingerprint density at radius 2 is 2.16 bits per heavy atom. The van der Waals surface area contributed by atoms with Crippen LogP contribution in [-0.2, 0) is 6.42 Å². The third-order valence-electron chi connectivity index (χ3n) is 4.07. The zero-order valence-electron chi connectivity index (χ0n) is 10.7. The molecule has 1 fully saturated rings. The summed E-state index contributed by atoms with van der Waals surface area (Å²) in [6.45, 7) is 0. The highest BCUT2D eigenvalue weighted by Crippen LogP contribution is 2.33. The molecule has 0 radical (unpaired) electrons. The molecule has 19 heavy (non-hydrogen) atoms. The van der Waals surface area contributed by atoms with E-state index in [-0.39, 0.29) is 0 Å². The summed E-state index contributed by atoms with van der Waals surface area (Å²) in [4.78, 5) is 13.6. The third-order valence-corrected chi connectivity index (χ3v) is 4.07. The third kappa shape index (κ3) is 1.92. The summed E-state index contributed by atoms with van der Waals surface area (Å²) in [7, 11) is 0. The molecule has 4 nitrogen and oxygen atoms in total. The second kappa shape index (κ2) is 4.38. The van der Waals surface area contributed by atoms with Crippen LogP contribution in [0.4, 0.5) is 0 Å². The van der Waals surface area contributed by atoms with Crippen LogP contribution >= 0.6 is 0 Å². The molecule has 96 valence electrons. The van der Waals surface area contributed by atoms with E-state index < -0.39 is 0 Å². The van der Waals surface area contributed by atoms with E-state index in [0.717, 1.165) is 17.9 Å². The molecule has 0 aromatic carbocycles. The lowest BCUT2D eigenvalue weighted by Crippen LogP contribution is -2.43. The van der Waals surface area contributed by atoms with Crippen LogP contribution < -0.4 is 5.32 Å². The Morgan fingerprint density at radius 3 is 3.05 bits per heavy atom. The molecular weight excluding hydrogens is 236 g/mol. The quantitative estimate of drug-likeness (QED) is 0.846. The Kier molecular flexibility index (Phi) is 2.55. The van der Waals surface area contributed by atoms with Gasteiger partial charge >= 0.3 is 0 Å². The number of nitrogens with zero attached hydrogens (tertiary/aromatic N) is 3. The predicted molar refractivity (Wildman–Crippen MR) is 72.5 cm³/mol. The van der Waals surface area contributed by atoms with Gasteiger partial charge in [-0.25, -0.2) is 9.97 Å². The normalized spacial score (nSPS) is 24.8. The van der Waals surface area contributed by atoms with E-state index in [4.69, 9.17) is 4.98 Å². The summed E-state index contributed by atoms with van der Waals surface area (Å²) in [6, 6.07) is 6.88. The average molecular weight is 252 g/mol. The highest BCUT2D eigenvalue weighted by Gasteiger charge is 2.31. The Labute approximate surface area is 112 Å². The zero-order chi connectivity index (χ0) is 12.7. The first-order valence-electron chi connectivity index (χ1n) is 6.93. The second-order valence-electron chi connectivity index (χ2n) is 5.37. The van der Waals surface area contributed by atoms with Crippen LogP contribution in [0.5, 0.6) is 0 Å². The fraction of sp³-hybridized carbons (Fsp3) is 0.400. The highest BCUT2D eigenvalue weighted by atomic mass is 15.0. The Balaban J connectivity index is 1.78. The van der Waals surface area contributed by atoms with Crippen molar-refractivity contribution in [3.63, 3.8) is 0 Å². The first kappa shape index (κ1) is 11.1. The van der Waals surface area contributed by atoms with Crippen LogP contribution in [-0.4, -0.2) is 21.0 Å². The molecule has 4 rings (SSSR count). The van der Waals surface area contributed by atoms with Crippen LogP contribution in [0, 0.1) is 0 Å². The van der Waals surface area contributed by atoms with Gasteiger partial charge in [0.25, 0.3) is 0 Å². The second-order valence-corrected chi connectivity index (χ2v) is 5.37. The summed E-state index contributed by atoms with van der Waals surface area (Å²) in [5.74, 6) is 0.741. The number of piperidine rings is 1. The summed E-state index contributed by atoms with van der Waals surface area (Å²) in [5, 5.41) is 3.68. The molecule has 1 N–H and O–H groups in total. The van der Waals surface area contributed by atoms with Crippen LogP contribution in [0.25, 0.3) is 11.5 Å². The summed E-state index contributed by atoms with van der Waals surface area (Å²) < 4.78 is 0. The van der Waals surface area contributed by atoms with Crippen LogP contribution in [0.1, 0.15) is 36.6 Å². The minimum Gasteiger partial charge on any atom is -0.305 e. The van der Waals surface area contributed by atoms with Gasteiger partial charge in [0.2, 0.25) is 0 Å². The number of hydrogen-bond donors (Lipinski definition) is 1. The molecule has 0 aliphatic carbocycles. The van der Waals surface area contributed by atoms with Crippen LogP contribution in [0.15, 0.2) is 30.6 Å². The van der Waals surface area contributed by atoms with Crippen molar-refractivity contribution in [3.8, 4) is 11.5 Å². The SMILES string of the molecule is c1ccc(-c2ncc3c(n2)C2CCCC(C3)N2)nc1. The van der Waals surface area contributed by atoms with Gasteiger partial charge in [0, 0.05) is 18.4 Å². The summed E-state index contributed by atoms with van der Waals surface area (Å²) >= 11 is 0. The van der Waals surface area contributed by atoms with Gasteiger partial charge in [-0.05, 0) is 43.4 Å². The van der Waals surface area contributed by atoms with E-state index in [1.165, 1.54) is 30.5 Å². The van der Waals surface area contributed by atoms with E-state index in [0.29, 0.717) is 12.1 Å². The smallest absolute Gasteiger partial charge is 0.178 e. The van der Waals surface area contributed by atoms with Crippen molar-refractivity contribution in [2.24, 2.45) is 0 Å². The lowest BCUT2D eigenvalue weighted by molar-refractivity contribution is 0.296. The molecule has 2 aliphatic heterocycles. The molecule has 0 spiro atoms. The standard InChI is InChI=1S/C15H16N4/c1-2-7-16-13(5-1)15-17-9-10-8-11-4-3-6-12(18-11)14(10)19-15/h1-2,5,7,9,11-12,18H,3-4,6,8H2. The molecule has 1 saturated heterocycles. The van der Waals surface area contributed by atoms with Crippen molar-refractivity contribution in [2.45, 2.75) is 37.8 Å². The van der Waals surface area contributed by atoms with Crippen molar-refractivity contribution in [3.05, 3.63) is 41.9 Å². The highest BCUT2D eigenvalue weighted by molar-refractivity contribution is 5.49. The molecule has 4 heteroatoms. The fourth-order valence-electron chi connectivity index (χ4n) is 3.16. The fourth-order valence-corrected chi connectivity index (χ4v) is 3.16. The first-order chi connectivity index (χ1) is 9.40. The Hall–Kier alpha value is -1.81. The van der Waals surface area contributed by atoms with Gasteiger partial charge in [-0.2, -0.15) is 0 Å². The van der Waals surface area contributed by atoms with Crippen molar-refractivity contribution in [2.75, 3.05) is 0 Å². The molecule has 4 heterocycles. The topological polar surface area (TPSA) is 50.7 Å². The van der Waals surface area contributed by atoms with Crippen molar-refractivity contribution in [1.82, 2.24) is 20.3 Å². The number of rotatable bonds is 1. The molecule has 2 atom stereocenters.